The van der Waals surface area contributed by atoms with Crippen molar-refractivity contribution in [2.75, 3.05) is 19.8 Å². The maximum absolute atomic E-state index is 12.1. The van der Waals surface area contributed by atoms with Gasteiger partial charge in [0.05, 0.1) is 18.6 Å². The molecule has 1 aromatic rings. The number of nitrogens with one attached hydrogen (secondary N) is 1. The third-order valence-electron chi connectivity index (χ3n) is 3.94. The van der Waals surface area contributed by atoms with Crippen molar-refractivity contribution in [3.05, 3.63) is 22.2 Å². The molecule has 22 heavy (non-hydrogen) atoms. The zero-order valence-electron chi connectivity index (χ0n) is 12.6. The van der Waals surface area contributed by atoms with Crippen LogP contribution in [0.3, 0.4) is 0 Å². The average Bonchev–Trinajstić information content (AvgIpc) is 2.99. The lowest BCUT2D eigenvalue weighted by molar-refractivity contribution is -0.123. The van der Waals surface area contributed by atoms with Crippen LogP contribution >= 0.6 is 15.9 Å². The summed E-state index contributed by atoms with van der Waals surface area (Å²) in [4.78, 5) is 12.1. The number of rotatable bonds is 4. The fourth-order valence-electron chi connectivity index (χ4n) is 2.80. The molecule has 6 heteroatoms. The molecular formula is C16H20BrNO4. The summed E-state index contributed by atoms with van der Waals surface area (Å²) in [7, 11) is 0. The van der Waals surface area contributed by atoms with Crippen LogP contribution in [0.15, 0.2) is 16.6 Å². The quantitative estimate of drug-likeness (QED) is 0.886. The molecule has 0 spiro atoms. The second-order valence-electron chi connectivity index (χ2n) is 5.65. The molecule has 1 amide bonds. The summed E-state index contributed by atoms with van der Waals surface area (Å²) >= 11 is 3.54. The molecule has 0 aliphatic carbocycles. The third kappa shape index (κ3) is 3.55. The Balaban J connectivity index is 1.66. The Labute approximate surface area is 138 Å². The lowest BCUT2D eigenvalue weighted by Crippen LogP contribution is -2.30. The smallest absolute Gasteiger partial charge is 0.223 e. The van der Waals surface area contributed by atoms with Crippen molar-refractivity contribution in [2.24, 2.45) is 0 Å². The number of hydrogen-bond acceptors (Lipinski definition) is 4. The lowest BCUT2D eigenvalue weighted by Gasteiger charge is -2.22. The highest BCUT2D eigenvalue weighted by Gasteiger charge is 2.22. The first kappa shape index (κ1) is 15.6. The van der Waals surface area contributed by atoms with E-state index in [4.69, 9.17) is 14.2 Å². The predicted octanol–water partition coefficient (Wildman–Crippen LogP) is 2.97. The van der Waals surface area contributed by atoms with E-state index in [1.54, 1.807) is 0 Å². The van der Waals surface area contributed by atoms with Crippen molar-refractivity contribution in [3.63, 3.8) is 0 Å². The van der Waals surface area contributed by atoms with E-state index in [0.717, 1.165) is 41.0 Å². The van der Waals surface area contributed by atoms with E-state index in [1.807, 2.05) is 19.1 Å². The molecule has 2 heterocycles. The maximum atomic E-state index is 12.1. The summed E-state index contributed by atoms with van der Waals surface area (Å²) in [5, 5.41) is 3.03. The van der Waals surface area contributed by atoms with Gasteiger partial charge in [-0.25, -0.2) is 0 Å². The van der Waals surface area contributed by atoms with Crippen LogP contribution in [0.1, 0.15) is 37.8 Å². The van der Waals surface area contributed by atoms with Gasteiger partial charge < -0.3 is 19.5 Å². The van der Waals surface area contributed by atoms with Crippen LogP contribution in [0.2, 0.25) is 0 Å². The standard InChI is InChI=1S/C16H20BrNO4/c1-10(18-16(19)7-11-3-2-4-20-11)12-8-14-15(9-13(12)17)22-6-5-21-14/h8-11H,2-7H2,1H3,(H,18,19)/t10-,11+/m1/s1. The minimum absolute atomic E-state index is 0.0150. The lowest BCUT2D eigenvalue weighted by atomic mass is 10.1. The molecule has 120 valence electrons. The minimum atomic E-state index is -0.112. The monoisotopic (exact) mass is 369 g/mol. The maximum Gasteiger partial charge on any atom is 0.223 e. The van der Waals surface area contributed by atoms with Crippen LogP contribution in [0.5, 0.6) is 11.5 Å². The molecule has 0 saturated carbocycles. The number of hydrogen-bond donors (Lipinski definition) is 1. The van der Waals surface area contributed by atoms with Crippen molar-refractivity contribution >= 4 is 21.8 Å². The van der Waals surface area contributed by atoms with E-state index in [9.17, 15) is 4.79 Å². The molecule has 1 aromatic carbocycles. The normalized spacial score (nSPS) is 21.5. The number of amides is 1. The first-order chi connectivity index (χ1) is 10.6. The predicted molar refractivity (Wildman–Crippen MR) is 85.3 cm³/mol. The Kier molecular flexibility index (Phi) is 4.88. The van der Waals surface area contributed by atoms with E-state index in [0.29, 0.717) is 19.6 Å². The van der Waals surface area contributed by atoms with Gasteiger partial charge in [-0.2, -0.15) is 0 Å². The summed E-state index contributed by atoms with van der Waals surface area (Å²) in [6.07, 6.45) is 2.50. The fraction of sp³-hybridized carbons (Fsp3) is 0.562. The van der Waals surface area contributed by atoms with E-state index in [-0.39, 0.29) is 18.1 Å². The molecule has 2 atom stereocenters. The summed E-state index contributed by atoms with van der Waals surface area (Å²) in [5.74, 6) is 1.48. The SMILES string of the molecule is C[C@@H](NC(=O)C[C@@H]1CCCO1)c1cc2c(cc1Br)OCCO2. The first-order valence-corrected chi connectivity index (χ1v) is 8.43. The number of fused-ring (bicyclic) bond motifs is 1. The minimum Gasteiger partial charge on any atom is -0.486 e. The Hall–Kier alpha value is -1.27. The molecule has 0 radical (unpaired) electrons. The van der Waals surface area contributed by atoms with Gasteiger partial charge in [0.15, 0.2) is 11.5 Å². The number of ether oxygens (including phenoxy) is 3. The Bertz CT molecular complexity index is 557. The highest BCUT2D eigenvalue weighted by molar-refractivity contribution is 9.10. The van der Waals surface area contributed by atoms with Gasteiger partial charge in [-0.05, 0) is 37.5 Å². The molecule has 5 nitrogen and oxygen atoms in total. The average molecular weight is 370 g/mol. The van der Waals surface area contributed by atoms with Gasteiger partial charge in [-0.3, -0.25) is 4.79 Å². The number of halogens is 1. The second kappa shape index (κ2) is 6.87. The van der Waals surface area contributed by atoms with E-state index in [1.165, 1.54) is 0 Å². The van der Waals surface area contributed by atoms with Gasteiger partial charge >= 0.3 is 0 Å². The molecule has 1 saturated heterocycles. The molecule has 0 aromatic heterocycles. The number of carbonyl (C=O) groups excluding carboxylic acids is 1. The van der Waals surface area contributed by atoms with Crippen molar-refractivity contribution < 1.29 is 19.0 Å². The first-order valence-electron chi connectivity index (χ1n) is 7.63. The van der Waals surface area contributed by atoms with Gasteiger partial charge in [0.2, 0.25) is 5.91 Å². The molecule has 3 rings (SSSR count). The second-order valence-corrected chi connectivity index (χ2v) is 6.50. The molecule has 2 aliphatic rings. The van der Waals surface area contributed by atoms with Gasteiger partial charge in [0, 0.05) is 11.1 Å². The Morgan fingerprint density at radius 1 is 1.32 bits per heavy atom. The topological polar surface area (TPSA) is 56.8 Å². The molecular weight excluding hydrogens is 350 g/mol. The molecule has 0 bridgehead atoms. The summed E-state index contributed by atoms with van der Waals surface area (Å²) in [5.41, 5.74) is 0.977. The van der Waals surface area contributed by atoms with Crippen LogP contribution in [-0.2, 0) is 9.53 Å². The molecule has 1 N–H and O–H groups in total. The van der Waals surface area contributed by atoms with Crippen LogP contribution in [0, 0.1) is 0 Å². The Morgan fingerprint density at radius 2 is 2.05 bits per heavy atom. The molecule has 0 unspecified atom stereocenters. The van der Waals surface area contributed by atoms with Crippen molar-refractivity contribution in [1.29, 1.82) is 0 Å². The summed E-state index contributed by atoms with van der Waals surface area (Å²) < 4.78 is 17.6. The van der Waals surface area contributed by atoms with Crippen LogP contribution in [-0.4, -0.2) is 31.8 Å². The van der Waals surface area contributed by atoms with E-state index in [2.05, 4.69) is 21.2 Å². The number of benzene rings is 1. The van der Waals surface area contributed by atoms with Gasteiger partial charge in [0.1, 0.15) is 13.2 Å². The summed E-state index contributed by atoms with van der Waals surface area (Å²) in [6.45, 7) is 3.84. The van der Waals surface area contributed by atoms with Gasteiger partial charge in [0.25, 0.3) is 0 Å². The highest BCUT2D eigenvalue weighted by atomic mass is 79.9. The molecule has 2 aliphatic heterocycles. The van der Waals surface area contributed by atoms with E-state index >= 15 is 0 Å². The largest absolute Gasteiger partial charge is 0.486 e. The van der Waals surface area contributed by atoms with Crippen LogP contribution < -0.4 is 14.8 Å². The fourth-order valence-corrected chi connectivity index (χ4v) is 3.47. The van der Waals surface area contributed by atoms with Gasteiger partial charge in [-0.15, -0.1) is 0 Å². The van der Waals surface area contributed by atoms with Crippen molar-refractivity contribution in [1.82, 2.24) is 5.32 Å². The summed E-state index contributed by atoms with van der Waals surface area (Å²) in [6, 6.07) is 3.71. The van der Waals surface area contributed by atoms with Crippen molar-refractivity contribution in [3.8, 4) is 11.5 Å². The zero-order valence-corrected chi connectivity index (χ0v) is 14.1. The Morgan fingerprint density at radius 3 is 2.73 bits per heavy atom. The number of carbonyl (C=O) groups is 1. The zero-order chi connectivity index (χ0) is 15.5. The van der Waals surface area contributed by atoms with Crippen LogP contribution in [0.4, 0.5) is 0 Å². The third-order valence-corrected chi connectivity index (χ3v) is 4.63. The molecule has 1 fully saturated rings. The highest BCUT2D eigenvalue weighted by Crippen LogP contribution is 2.37. The van der Waals surface area contributed by atoms with Crippen molar-refractivity contribution in [2.45, 2.75) is 38.3 Å². The van der Waals surface area contributed by atoms with E-state index < -0.39 is 0 Å². The van der Waals surface area contributed by atoms with Crippen LogP contribution in [0.25, 0.3) is 0 Å². The van der Waals surface area contributed by atoms with Gasteiger partial charge in [-0.1, -0.05) is 15.9 Å².